The van der Waals surface area contributed by atoms with Crippen LogP contribution < -0.4 is 0 Å². The third-order valence-corrected chi connectivity index (χ3v) is 5.40. The Balaban J connectivity index is 1.93. The van der Waals surface area contributed by atoms with E-state index in [0.29, 0.717) is 4.90 Å². The highest BCUT2D eigenvalue weighted by atomic mass is 32.1. The molecule has 3 rings (SSSR count). The maximum absolute atomic E-state index is 11.8. The molecule has 1 heterocycles. The minimum atomic E-state index is -2.26. The van der Waals surface area contributed by atoms with Crippen molar-refractivity contribution >= 4 is 24.6 Å². The van der Waals surface area contributed by atoms with Crippen molar-refractivity contribution in [3.63, 3.8) is 0 Å². The van der Waals surface area contributed by atoms with E-state index in [9.17, 15) is 19.8 Å². The van der Waals surface area contributed by atoms with E-state index < -0.39 is 42.1 Å². The molecule has 1 fully saturated rings. The molecule has 5 atom stereocenters. The van der Waals surface area contributed by atoms with Gasteiger partial charge >= 0.3 is 11.9 Å². The van der Waals surface area contributed by atoms with Gasteiger partial charge < -0.3 is 29.2 Å². The Morgan fingerprint density at radius 2 is 1.66 bits per heavy atom. The third-order valence-electron chi connectivity index (χ3n) is 5.01. The van der Waals surface area contributed by atoms with Crippen LogP contribution in [0.1, 0.15) is 25.0 Å². The molecule has 2 aromatic rings. The van der Waals surface area contributed by atoms with Gasteiger partial charge in [-0.15, -0.1) is 12.6 Å². The largest absolute Gasteiger partial charge is 0.455 e. The minimum Gasteiger partial charge on any atom is -0.455 e. The van der Waals surface area contributed by atoms with Gasteiger partial charge in [0.2, 0.25) is 5.79 Å². The lowest BCUT2D eigenvalue weighted by atomic mass is 9.87. The Labute approximate surface area is 191 Å². The first kappa shape index (κ1) is 24.2. The molecule has 2 aromatic carbocycles. The van der Waals surface area contributed by atoms with Crippen LogP contribution >= 0.6 is 12.6 Å². The molecule has 1 aliphatic rings. The van der Waals surface area contributed by atoms with E-state index in [4.69, 9.17) is 18.9 Å². The molecule has 0 spiro atoms. The lowest BCUT2D eigenvalue weighted by molar-refractivity contribution is -0.361. The van der Waals surface area contributed by atoms with Crippen LogP contribution in [-0.4, -0.2) is 53.2 Å². The number of aliphatic hydroxyl groups excluding tert-OH is 1. The van der Waals surface area contributed by atoms with Gasteiger partial charge in [0.05, 0.1) is 13.2 Å². The molecule has 0 radical (unpaired) electrons. The lowest BCUT2D eigenvalue weighted by Gasteiger charge is -2.48. The number of thiol groups is 1. The monoisotopic (exact) mass is 462 g/mol. The highest BCUT2D eigenvalue weighted by Gasteiger charge is 2.59. The van der Waals surface area contributed by atoms with Crippen molar-refractivity contribution in [3.8, 4) is 0 Å². The SMILES string of the molecule is CC(=O)O[C@H]1[C@@H](O)[C@@H](COCc2ccccc2)O[C@](O)(c2ccccc2S)[C@@H]1OC(C)=O. The summed E-state index contributed by atoms with van der Waals surface area (Å²) in [6, 6.07) is 15.9. The maximum atomic E-state index is 11.8. The zero-order valence-corrected chi connectivity index (χ0v) is 18.6. The predicted molar refractivity (Wildman–Crippen MR) is 116 cm³/mol. The fourth-order valence-electron chi connectivity index (χ4n) is 3.62. The van der Waals surface area contributed by atoms with Crippen molar-refractivity contribution in [1.29, 1.82) is 0 Å². The van der Waals surface area contributed by atoms with Gasteiger partial charge in [-0.2, -0.15) is 0 Å². The molecule has 172 valence electrons. The first-order chi connectivity index (χ1) is 15.2. The van der Waals surface area contributed by atoms with Gasteiger partial charge in [0, 0.05) is 24.3 Å². The average molecular weight is 463 g/mol. The van der Waals surface area contributed by atoms with E-state index in [2.05, 4.69) is 12.6 Å². The topological polar surface area (TPSA) is 112 Å². The van der Waals surface area contributed by atoms with E-state index in [1.54, 1.807) is 24.3 Å². The maximum Gasteiger partial charge on any atom is 0.303 e. The van der Waals surface area contributed by atoms with Crippen molar-refractivity contribution in [3.05, 3.63) is 65.7 Å². The van der Waals surface area contributed by atoms with E-state index >= 15 is 0 Å². The molecule has 0 bridgehead atoms. The molecule has 0 unspecified atom stereocenters. The minimum absolute atomic E-state index is 0.127. The molecule has 8 nitrogen and oxygen atoms in total. The molecule has 32 heavy (non-hydrogen) atoms. The Morgan fingerprint density at radius 3 is 2.28 bits per heavy atom. The number of rotatable bonds is 7. The van der Waals surface area contributed by atoms with Gasteiger partial charge in [-0.3, -0.25) is 9.59 Å². The van der Waals surface area contributed by atoms with Crippen LogP contribution in [-0.2, 0) is 40.9 Å². The van der Waals surface area contributed by atoms with Crippen LogP contribution in [0.3, 0.4) is 0 Å². The summed E-state index contributed by atoms with van der Waals surface area (Å²) in [5.74, 6) is -3.74. The molecule has 0 aromatic heterocycles. The van der Waals surface area contributed by atoms with Gasteiger partial charge in [-0.05, 0) is 11.6 Å². The highest BCUT2D eigenvalue weighted by Crippen LogP contribution is 2.41. The van der Waals surface area contributed by atoms with E-state index in [1.165, 1.54) is 0 Å². The second-order valence-corrected chi connectivity index (χ2v) is 7.95. The fourth-order valence-corrected chi connectivity index (χ4v) is 3.94. The summed E-state index contributed by atoms with van der Waals surface area (Å²) in [5, 5.41) is 22.5. The Bertz CT molecular complexity index is 937. The smallest absolute Gasteiger partial charge is 0.303 e. The second kappa shape index (κ2) is 10.5. The third kappa shape index (κ3) is 5.48. The summed E-state index contributed by atoms with van der Waals surface area (Å²) in [7, 11) is 0. The fraction of sp³-hybridized carbons (Fsp3) is 0.391. The predicted octanol–water partition coefficient (Wildman–Crippen LogP) is 1.96. The number of aliphatic hydroxyl groups is 2. The highest BCUT2D eigenvalue weighted by molar-refractivity contribution is 7.80. The number of ether oxygens (including phenoxy) is 4. The Kier molecular flexibility index (Phi) is 7.91. The van der Waals surface area contributed by atoms with Crippen LogP contribution in [0.5, 0.6) is 0 Å². The zero-order chi connectivity index (χ0) is 23.3. The van der Waals surface area contributed by atoms with Crippen LogP contribution in [0.15, 0.2) is 59.5 Å². The van der Waals surface area contributed by atoms with Gasteiger partial charge in [-0.1, -0.05) is 48.5 Å². The summed E-state index contributed by atoms with van der Waals surface area (Å²) in [6.07, 6.45) is -5.50. The second-order valence-electron chi connectivity index (χ2n) is 7.47. The summed E-state index contributed by atoms with van der Waals surface area (Å²) in [5.41, 5.74) is 1.09. The zero-order valence-electron chi connectivity index (χ0n) is 17.7. The molecule has 0 saturated carbocycles. The molecular formula is C23H26O8S. The molecule has 0 aliphatic carbocycles. The summed E-state index contributed by atoms with van der Waals surface area (Å²) >= 11 is 4.38. The van der Waals surface area contributed by atoms with Crippen molar-refractivity contribution in [2.75, 3.05) is 6.61 Å². The average Bonchev–Trinajstić information content (AvgIpc) is 2.74. The molecule has 1 saturated heterocycles. The van der Waals surface area contributed by atoms with Crippen LogP contribution in [0.2, 0.25) is 0 Å². The lowest BCUT2D eigenvalue weighted by Crippen LogP contribution is -2.65. The molecule has 0 amide bonds. The van der Waals surface area contributed by atoms with E-state index in [1.807, 2.05) is 30.3 Å². The number of hydrogen-bond acceptors (Lipinski definition) is 9. The number of carbonyl (C=O) groups is 2. The Hall–Kier alpha value is -2.43. The number of hydrogen-bond donors (Lipinski definition) is 3. The molecule has 2 N–H and O–H groups in total. The van der Waals surface area contributed by atoms with Crippen molar-refractivity contribution in [2.24, 2.45) is 0 Å². The van der Waals surface area contributed by atoms with E-state index in [-0.39, 0.29) is 18.8 Å². The van der Waals surface area contributed by atoms with Crippen LogP contribution in [0, 0.1) is 0 Å². The summed E-state index contributed by atoms with van der Waals surface area (Å²) in [4.78, 5) is 23.9. The number of carbonyl (C=O) groups excluding carboxylic acids is 2. The van der Waals surface area contributed by atoms with Crippen molar-refractivity contribution in [1.82, 2.24) is 0 Å². The van der Waals surface area contributed by atoms with Crippen molar-refractivity contribution < 1.29 is 38.7 Å². The standard InChI is InChI=1S/C23H26O8S/c1-14(24)29-21-20(26)18(13-28-12-16-8-4-3-5-9-16)31-23(27,22(21)30-15(2)25)17-10-6-7-11-19(17)32/h3-11,18,20-22,26-27,32H,12-13H2,1-2H3/t18-,20+,21+,22-,23-/m1/s1. The van der Waals surface area contributed by atoms with Crippen molar-refractivity contribution in [2.45, 2.75) is 55.6 Å². The number of benzene rings is 2. The first-order valence-corrected chi connectivity index (χ1v) is 10.5. The molecule has 9 heteroatoms. The Morgan fingerprint density at radius 1 is 1.03 bits per heavy atom. The first-order valence-electron chi connectivity index (χ1n) is 10.0. The molecular weight excluding hydrogens is 436 g/mol. The van der Waals surface area contributed by atoms with Gasteiger partial charge in [0.1, 0.15) is 12.2 Å². The van der Waals surface area contributed by atoms with Gasteiger partial charge in [0.15, 0.2) is 12.2 Å². The quantitative estimate of drug-likeness (QED) is 0.423. The normalized spacial score (nSPS) is 27.5. The summed E-state index contributed by atoms with van der Waals surface area (Å²) in [6.45, 7) is 2.40. The van der Waals surface area contributed by atoms with Crippen LogP contribution in [0.4, 0.5) is 0 Å². The number of esters is 2. The van der Waals surface area contributed by atoms with E-state index in [0.717, 1.165) is 19.4 Å². The van der Waals surface area contributed by atoms with Crippen LogP contribution in [0.25, 0.3) is 0 Å². The molecule has 1 aliphatic heterocycles. The van der Waals surface area contributed by atoms with Gasteiger partial charge in [0.25, 0.3) is 0 Å². The summed E-state index contributed by atoms with van der Waals surface area (Å²) < 4.78 is 22.2. The van der Waals surface area contributed by atoms with Gasteiger partial charge in [-0.25, -0.2) is 0 Å².